The molecule has 0 saturated heterocycles. The molecule has 2 aromatic carbocycles. The average molecular weight is 388 g/mol. The first-order chi connectivity index (χ1) is 13.4. The predicted octanol–water partition coefficient (Wildman–Crippen LogP) is 4.64. The van der Waals surface area contributed by atoms with Crippen molar-refractivity contribution in [2.24, 2.45) is 0 Å². The first-order valence-electron chi connectivity index (χ1n) is 9.65. The molecule has 0 aliphatic carbocycles. The second-order valence-electron chi connectivity index (χ2n) is 6.83. The number of rotatable bonds is 11. The van der Waals surface area contributed by atoms with Gasteiger partial charge in [-0.1, -0.05) is 32.3 Å². The van der Waals surface area contributed by atoms with E-state index >= 15 is 0 Å². The molecule has 0 unspecified atom stereocenters. The van der Waals surface area contributed by atoms with Gasteiger partial charge in [0.05, 0.1) is 6.61 Å². The molecule has 0 fully saturated rings. The molecule has 0 aliphatic rings. The van der Waals surface area contributed by atoms with Gasteiger partial charge in [0.25, 0.3) is 0 Å². The van der Waals surface area contributed by atoms with Crippen molar-refractivity contribution in [1.29, 1.82) is 0 Å². The van der Waals surface area contributed by atoms with Crippen LogP contribution in [-0.4, -0.2) is 33.0 Å². The van der Waals surface area contributed by atoms with E-state index in [1.54, 1.807) is 18.2 Å². The molecule has 0 atom stereocenters. The number of carboxylic acid groups (broad SMARTS) is 1. The molecule has 0 aliphatic heterocycles. The maximum absolute atomic E-state index is 11.2. The molecular formula is C22H28O6. The lowest BCUT2D eigenvalue weighted by Gasteiger charge is -2.14. The van der Waals surface area contributed by atoms with E-state index in [1.165, 1.54) is 12.1 Å². The minimum absolute atomic E-state index is 0.0917. The van der Waals surface area contributed by atoms with Crippen LogP contribution >= 0.6 is 0 Å². The number of phenolic OH excluding ortho intramolecular Hbond substituents is 2. The monoisotopic (exact) mass is 388 g/mol. The number of carbonyl (C=O) groups is 1. The number of ether oxygens (including phenoxy) is 1. The molecule has 0 spiro atoms. The molecule has 4 N–H and O–H groups in total. The zero-order valence-electron chi connectivity index (χ0n) is 16.1. The number of carboxylic acids is 1. The van der Waals surface area contributed by atoms with E-state index in [0.717, 1.165) is 44.1 Å². The second kappa shape index (κ2) is 10.4. The fourth-order valence-electron chi connectivity index (χ4n) is 3.11. The van der Waals surface area contributed by atoms with Gasteiger partial charge in [-0.25, -0.2) is 4.79 Å². The summed E-state index contributed by atoms with van der Waals surface area (Å²) in [5.41, 5.74) is 1.44. The van der Waals surface area contributed by atoms with Crippen molar-refractivity contribution in [2.45, 2.75) is 51.9 Å². The standard InChI is InChI=1S/C22H28O6/c1-2-7-16-20(12-10-17(21(16)25)22(26)27)28-13-6-4-3-5-8-15-9-11-18(23)19(24)14-15/h9-12,14,23-25H,2-8,13H2,1H3,(H,26,27). The van der Waals surface area contributed by atoms with Crippen LogP contribution in [0.4, 0.5) is 0 Å². The van der Waals surface area contributed by atoms with Crippen LogP contribution in [0.25, 0.3) is 0 Å². The fourth-order valence-corrected chi connectivity index (χ4v) is 3.11. The quantitative estimate of drug-likeness (QED) is 0.330. The van der Waals surface area contributed by atoms with Crippen LogP contribution in [0.3, 0.4) is 0 Å². The minimum atomic E-state index is -1.15. The Morgan fingerprint density at radius 2 is 1.68 bits per heavy atom. The number of hydrogen-bond donors (Lipinski definition) is 4. The lowest BCUT2D eigenvalue weighted by atomic mass is 10.0. The molecule has 0 aromatic heterocycles. The van der Waals surface area contributed by atoms with Crippen molar-refractivity contribution in [3.8, 4) is 23.0 Å². The van der Waals surface area contributed by atoms with Crippen LogP contribution in [0.1, 0.15) is 60.5 Å². The number of phenols is 3. The highest BCUT2D eigenvalue weighted by Gasteiger charge is 2.17. The lowest BCUT2D eigenvalue weighted by Crippen LogP contribution is -2.04. The van der Waals surface area contributed by atoms with Crippen molar-refractivity contribution >= 4 is 5.97 Å². The number of aromatic carboxylic acids is 1. The Bertz CT molecular complexity index is 800. The number of aryl methyl sites for hydroxylation is 1. The maximum Gasteiger partial charge on any atom is 0.339 e. The maximum atomic E-state index is 11.2. The van der Waals surface area contributed by atoms with Gasteiger partial charge in [-0.2, -0.15) is 0 Å². The zero-order chi connectivity index (χ0) is 20.5. The van der Waals surface area contributed by atoms with Crippen LogP contribution in [-0.2, 0) is 12.8 Å². The molecule has 2 aromatic rings. The highest BCUT2D eigenvalue weighted by atomic mass is 16.5. The highest BCUT2D eigenvalue weighted by molar-refractivity contribution is 5.91. The van der Waals surface area contributed by atoms with Crippen LogP contribution in [0.2, 0.25) is 0 Å². The van der Waals surface area contributed by atoms with Gasteiger partial charge in [-0.3, -0.25) is 0 Å². The van der Waals surface area contributed by atoms with Crippen molar-refractivity contribution in [1.82, 2.24) is 0 Å². The summed E-state index contributed by atoms with van der Waals surface area (Å²) in [7, 11) is 0. The fraction of sp³-hybridized carbons (Fsp3) is 0.409. The normalized spacial score (nSPS) is 10.8. The van der Waals surface area contributed by atoms with Crippen molar-refractivity contribution < 1.29 is 30.0 Å². The van der Waals surface area contributed by atoms with E-state index < -0.39 is 5.97 Å². The number of aromatic hydroxyl groups is 3. The third-order valence-corrected chi connectivity index (χ3v) is 4.63. The lowest BCUT2D eigenvalue weighted by molar-refractivity contribution is 0.0693. The van der Waals surface area contributed by atoms with Crippen LogP contribution < -0.4 is 4.74 Å². The van der Waals surface area contributed by atoms with Crippen LogP contribution in [0, 0.1) is 0 Å². The Hall–Kier alpha value is -2.89. The molecule has 0 saturated carbocycles. The first kappa shape index (κ1) is 21.4. The summed E-state index contributed by atoms with van der Waals surface area (Å²) >= 11 is 0. The third-order valence-electron chi connectivity index (χ3n) is 4.63. The summed E-state index contributed by atoms with van der Waals surface area (Å²) in [6.07, 6.45) is 5.98. The smallest absolute Gasteiger partial charge is 0.339 e. The first-order valence-corrected chi connectivity index (χ1v) is 9.65. The van der Waals surface area contributed by atoms with Gasteiger partial charge in [-0.15, -0.1) is 0 Å². The summed E-state index contributed by atoms with van der Waals surface area (Å²) < 4.78 is 5.79. The molecular weight excluding hydrogens is 360 g/mol. The van der Waals surface area contributed by atoms with Gasteiger partial charge < -0.3 is 25.2 Å². The van der Waals surface area contributed by atoms with E-state index in [0.29, 0.717) is 24.3 Å². The van der Waals surface area contributed by atoms with Gasteiger partial charge in [0.2, 0.25) is 0 Å². The highest BCUT2D eigenvalue weighted by Crippen LogP contribution is 2.33. The Morgan fingerprint density at radius 1 is 0.929 bits per heavy atom. The van der Waals surface area contributed by atoms with Gasteiger partial charge in [0.1, 0.15) is 17.1 Å². The third kappa shape index (κ3) is 5.81. The number of hydrogen-bond acceptors (Lipinski definition) is 5. The summed E-state index contributed by atoms with van der Waals surface area (Å²) in [5, 5.41) is 38.1. The number of unbranched alkanes of at least 4 members (excludes halogenated alkanes) is 3. The van der Waals surface area contributed by atoms with E-state index in [1.807, 2.05) is 6.92 Å². The molecule has 152 valence electrons. The van der Waals surface area contributed by atoms with Crippen LogP contribution in [0.15, 0.2) is 30.3 Å². The summed E-state index contributed by atoms with van der Waals surface area (Å²) in [6, 6.07) is 7.88. The van der Waals surface area contributed by atoms with Gasteiger partial charge >= 0.3 is 5.97 Å². The largest absolute Gasteiger partial charge is 0.507 e. The van der Waals surface area contributed by atoms with Crippen molar-refractivity contribution in [3.05, 3.63) is 47.0 Å². The van der Waals surface area contributed by atoms with Gasteiger partial charge in [0, 0.05) is 5.56 Å². The van der Waals surface area contributed by atoms with E-state index in [2.05, 4.69) is 0 Å². The Kier molecular flexibility index (Phi) is 7.99. The summed E-state index contributed by atoms with van der Waals surface area (Å²) in [4.78, 5) is 11.2. The Labute approximate surface area is 165 Å². The zero-order valence-corrected chi connectivity index (χ0v) is 16.1. The number of benzene rings is 2. The topological polar surface area (TPSA) is 107 Å². The molecule has 6 nitrogen and oxygen atoms in total. The molecule has 0 radical (unpaired) electrons. The second-order valence-corrected chi connectivity index (χ2v) is 6.83. The Morgan fingerprint density at radius 3 is 2.36 bits per heavy atom. The van der Waals surface area contributed by atoms with E-state index in [-0.39, 0.29) is 22.8 Å². The average Bonchev–Trinajstić information content (AvgIpc) is 2.66. The SMILES string of the molecule is CCCc1c(OCCCCCCc2ccc(O)c(O)c2)ccc(C(=O)O)c1O. The molecule has 0 amide bonds. The van der Waals surface area contributed by atoms with Gasteiger partial charge in [0.15, 0.2) is 11.5 Å². The minimum Gasteiger partial charge on any atom is -0.507 e. The van der Waals surface area contributed by atoms with Crippen molar-refractivity contribution in [2.75, 3.05) is 6.61 Å². The summed E-state index contributed by atoms with van der Waals surface area (Å²) in [5.74, 6) is -1.01. The van der Waals surface area contributed by atoms with Gasteiger partial charge in [-0.05, 0) is 55.5 Å². The summed E-state index contributed by atoms with van der Waals surface area (Å²) in [6.45, 7) is 2.47. The van der Waals surface area contributed by atoms with E-state index in [4.69, 9.17) is 9.84 Å². The van der Waals surface area contributed by atoms with E-state index in [9.17, 15) is 20.1 Å². The molecule has 0 bridgehead atoms. The van der Waals surface area contributed by atoms with Crippen LogP contribution in [0.5, 0.6) is 23.0 Å². The molecule has 28 heavy (non-hydrogen) atoms. The Balaban J connectivity index is 1.76. The van der Waals surface area contributed by atoms with Crippen molar-refractivity contribution in [3.63, 3.8) is 0 Å². The molecule has 2 rings (SSSR count). The molecule has 6 heteroatoms. The predicted molar refractivity (Wildman–Crippen MR) is 106 cm³/mol. The molecule has 0 heterocycles.